The quantitative estimate of drug-likeness (QED) is 0.507. The molecule has 0 spiro atoms. The topological polar surface area (TPSA) is 79.5 Å². The van der Waals surface area contributed by atoms with Crippen LogP contribution >= 0.6 is 0 Å². The Morgan fingerprint density at radius 2 is 2.00 bits per heavy atom. The summed E-state index contributed by atoms with van der Waals surface area (Å²) in [6.07, 6.45) is 2.36. The van der Waals surface area contributed by atoms with Gasteiger partial charge in [0, 0.05) is 20.1 Å². The van der Waals surface area contributed by atoms with E-state index in [9.17, 15) is 5.11 Å². The highest BCUT2D eigenvalue weighted by Gasteiger charge is 2.26. The summed E-state index contributed by atoms with van der Waals surface area (Å²) < 4.78 is 16.0. The standard InChI is InChI=1S/C21H31N3O4/c1-6-22-20(23-15-21(2,25)19-8-7-13-28-19)24(3)12-11-16-9-10-17(26-4)18(14-16)27-5/h7-10,13-14,25H,6,11-12,15H2,1-5H3,(H,22,23). The molecule has 154 valence electrons. The summed E-state index contributed by atoms with van der Waals surface area (Å²) in [5.74, 6) is 2.67. The summed E-state index contributed by atoms with van der Waals surface area (Å²) in [7, 11) is 5.24. The van der Waals surface area contributed by atoms with Crippen LogP contribution in [0.1, 0.15) is 25.2 Å². The molecule has 0 bridgehead atoms. The number of likely N-dealkylation sites (N-methyl/N-ethyl adjacent to an activating group) is 1. The van der Waals surface area contributed by atoms with E-state index < -0.39 is 5.60 Å². The van der Waals surface area contributed by atoms with Gasteiger partial charge in [-0.3, -0.25) is 0 Å². The normalized spacial score (nSPS) is 13.7. The molecule has 2 rings (SSSR count). The molecule has 0 saturated carbocycles. The van der Waals surface area contributed by atoms with Crippen molar-refractivity contribution in [3.05, 3.63) is 47.9 Å². The molecule has 1 aromatic carbocycles. The second-order valence-corrected chi connectivity index (χ2v) is 6.78. The maximum absolute atomic E-state index is 10.6. The summed E-state index contributed by atoms with van der Waals surface area (Å²) in [4.78, 5) is 6.63. The van der Waals surface area contributed by atoms with Gasteiger partial charge in [0.15, 0.2) is 17.5 Å². The Bertz CT molecular complexity index is 757. The van der Waals surface area contributed by atoms with Crippen LogP contribution in [0, 0.1) is 0 Å². The lowest BCUT2D eigenvalue weighted by atomic mass is 10.0. The number of benzene rings is 1. The van der Waals surface area contributed by atoms with E-state index in [1.165, 1.54) is 0 Å². The Balaban J connectivity index is 2.03. The molecule has 0 fully saturated rings. The summed E-state index contributed by atoms with van der Waals surface area (Å²) >= 11 is 0. The fourth-order valence-electron chi connectivity index (χ4n) is 2.80. The first-order chi connectivity index (χ1) is 13.4. The van der Waals surface area contributed by atoms with Crippen molar-refractivity contribution in [2.75, 3.05) is 40.9 Å². The molecule has 0 amide bonds. The average molecular weight is 389 g/mol. The smallest absolute Gasteiger partial charge is 0.193 e. The number of aliphatic imine (C=N–C) groups is 1. The molecule has 1 atom stereocenters. The van der Waals surface area contributed by atoms with Crippen molar-refractivity contribution in [2.45, 2.75) is 25.9 Å². The van der Waals surface area contributed by atoms with E-state index in [0.717, 1.165) is 42.5 Å². The van der Waals surface area contributed by atoms with Crippen molar-refractivity contribution in [3.63, 3.8) is 0 Å². The fourth-order valence-corrected chi connectivity index (χ4v) is 2.80. The fraction of sp³-hybridized carbons (Fsp3) is 0.476. The van der Waals surface area contributed by atoms with E-state index in [1.54, 1.807) is 39.5 Å². The number of rotatable bonds is 9. The first-order valence-electron chi connectivity index (χ1n) is 9.38. The Hall–Kier alpha value is -2.67. The zero-order valence-corrected chi connectivity index (χ0v) is 17.4. The van der Waals surface area contributed by atoms with Crippen LogP contribution in [-0.4, -0.2) is 56.9 Å². The number of hydrogen-bond donors (Lipinski definition) is 2. The highest BCUT2D eigenvalue weighted by Crippen LogP contribution is 2.27. The molecule has 1 unspecified atom stereocenters. The number of nitrogens with one attached hydrogen (secondary N) is 1. The van der Waals surface area contributed by atoms with Gasteiger partial charge >= 0.3 is 0 Å². The minimum atomic E-state index is -1.16. The van der Waals surface area contributed by atoms with E-state index >= 15 is 0 Å². The molecule has 1 aromatic heterocycles. The molecule has 0 aliphatic carbocycles. The van der Waals surface area contributed by atoms with Gasteiger partial charge in [-0.25, -0.2) is 4.99 Å². The molecular weight excluding hydrogens is 358 g/mol. The minimum Gasteiger partial charge on any atom is -0.493 e. The van der Waals surface area contributed by atoms with Crippen LogP contribution in [-0.2, 0) is 12.0 Å². The highest BCUT2D eigenvalue weighted by molar-refractivity contribution is 5.79. The van der Waals surface area contributed by atoms with Crippen LogP contribution < -0.4 is 14.8 Å². The van der Waals surface area contributed by atoms with Gasteiger partial charge in [0.1, 0.15) is 11.4 Å². The van der Waals surface area contributed by atoms with Gasteiger partial charge in [-0.05, 0) is 50.1 Å². The lowest BCUT2D eigenvalue weighted by Gasteiger charge is -2.24. The Kier molecular flexibility index (Phi) is 7.75. The van der Waals surface area contributed by atoms with E-state index in [-0.39, 0.29) is 6.54 Å². The van der Waals surface area contributed by atoms with Crippen LogP contribution in [0.2, 0.25) is 0 Å². The monoisotopic (exact) mass is 389 g/mol. The average Bonchev–Trinajstić information content (AvgIpc) is 3.25. The van der Waals surface area contributed by atoms with Crippen molar-refractivity contribution in [1.29, 1.82) is 0 Å². The molecule has 7 heteroatoms. The third kappa shape index (κ3) is 5.66. The van der Waals surface area contributed by atoms with Gasteiger partial charge in [0.2, 0.25) is 0 Å². The molecular formula is C21H31N3O4. The van der Waals surface area contributed by atoms with Crippen LogP contribution in [0.25, 0.3) is 0 Å². The first-order valence-corrected chi connectivity index (χ1v) is 9.38. The van der Waals surface area contributed by atoms with E-state index in [0.29, 0.717) is 5.76 Å². The van der Waals surface area contributed by atoms with Gasteiger partial charge in [-0.2, -0.15) is 0 Å². The summed E-state index contributed by atoms with van der Waals surface area (Å²) in [6.45, 7) is 5.40. The van der Waals surface area contributed by atoms with Crippen molar-refractivity contribution in [3.8, 4) is 11.5 Å². The number of nitrogens with zero attached hydrogens (tertiary/aromatic N) is 2. The van der Waals surface area contributed by atoms with E-state index in [1.807, 2.05) is 37.1 Å². The molecule has 0 radical (unpaired) electrons. The lowest BCUT2D eigenvalue weighted by Crippen LogP contribution is -2.41. The van der Waals surface area contributed by atoms with Gasteiger partial charge in [0.25, 0.3) is 0 Å². The number of guanidine groups is 1. The van der Waals surface area contributed by atoms with Gasteiger partial charge in [0.05, 0.1) is 27.0 Å². The van der Waals surface area contributed by atoms with Crippen LogP contribution in [0.4, 0.5) is 0 Å². The third-order valence-electron chi connectivity index (χ3n) is 4.47. The molecule has 0 aliphatic rings. The zero-order chi connectivity index (χ0) is 20.6. The molecule has 0 aliphatic heterocycles. The van der Waals surface area contributed by atoms with Crippen molar-refractivity contribution in [1.82, 2.24) is 10.2 Å². The van der Waals surface area contributed by atoms with Crippen LogP contribution in [0.3, 0.4) is 0 Å². The van der Waals surface area contributed by atoms with E-state index in [4.69, 9.17) is 13.9 Å². The summed E-state index contributed by atoms with van der Waals surface area (Å²) in [5.41, 5.74) is -0.0168. The number of ether oxygens (including phenoxy) is 2. The molecule has 2 aromatic rings. The summed E-state index contributed by atoms with van der Waals surface area (Å²) in [5, 5.41) is 13.9. The molecule has 28 heavy (non-hydrogen) atoms. The highest BCUT2D eigenvalue weighted by atomic mass is 16.5. The second kappa shape index (κ2) is 10.0. The lowest BCUT2D eigenvalue weighted by molar-refractivity contribution is 0.0435. The summed E-state index contributed by atoms with van der Waals surface area (Å²) in [6, 6.07) is 9.44. The van der Waals surface area contributed by atoms with Gasteiger partial charge in [-0.15, -0.1) is 0 Å². The predicted molar refractivity (Wildman–Crippen MR) is 110 cm³/mol. The molecule has 1 heterocycles. The largest absolute Gasteiger partial charge is 0.493 e. The predicted octanol–water partition coefficient (Wildman–Crippen LogP) is 2.64. The van der Waals surface area contributed by atoms with Crippen LogP contribution in [0.15, 0.2) is 46.0 Å². The Morgan fingerprint density at radius 3 is 2.61 bits per heavy atom. The van der Waals surface area contributed by atoms with Gasteiger partial charge in [-0.1, -0.05) is 6.07 Å². The van der Waals surface area contributed by atoms with Gasteiger partial charge < -0.3 is 29.2 Å². The minimum absolute atomic E-state index is 0.198. The van der Waals surface area contributed by atoms with E-state index in [2.05, 4.69) is 10.3 Å². The third-order valence-corrected chi connectivity index (χ3v) is 4.47. The number of aliphatic hydroxyl groups is 1. The SMILES string of the molecule is CCNC(=NCC(C)(O)c1ccco1)N(C)CCc1ccc(OC)c(OC)c1. The molecule has 2 N–H and O–H groups in total. The second-order valence-electron chi connectivity index (χ2n) is 6.78. The number of hydrogen-bond acceptors (Lipinski definition) is 5. The van der Waals surface area contributed by atoms with Crippen molar-refractivity contribution in [2.24, 2.45) is 4.99 Å². The Morgan fingerprint density at radius 1 is 1.25 bits per heavy atom. The van der Waals surface area contributed by atoms with Crippen molar-refractivity contribution >= 4 is 5.96 Å². The van der Waals surface area contributed by atoms with Crippen LogP contribution in [0.5, 0.6) is 11.5 Å². The maximum atomic E-state index is 10.6. The maximum Gasteiger partial charge on any atom is 0.193 e. The van der Waals surface area contributed by atoms with Crippen molar-refractivity contribution < 1.29 is 19.0 Å². The number of furan rings is 1. The number of methoxy groups -OCH3 is 2. The first kappa shape index (κ1) is 21.6. The zero-order valence-electron chi connectivity index (χ0n) is 17.4. The molecule has 7 nitrogen and oxygen atoms in total. The molecule has 0 saturated heterocycles. The Labute approximate surface area is 167 Å².